The monoisotopic (exact) mass is 378 g/mol. The van der Waals surface area contributed by atoms with E-state index in [4.69, 9.17) is 21.6 Å². The van der Waals surface area contributed by atoms with Crippen LogP contribution in [0.2, 0.25) is 5.02 Å². The number of nitrogens with zero attached hydrogens (tertiary/aromatic N) is 2. The summed E-state index contributed by atoms with van der Waals surface area (Å²) in [5.74, 6) is 0.478. The number of rotatable bonds is 7. The third kappa shape index (κ3) is 5.20. The third-order valence-corrected chi connectivity index (χ3v) is 5.81. The van der Waals surface area contributed by atoms with Crippen molar-refractivity contribution >= 4 is 21.6 Å². The van der Waals surface area contributed by atoms with E-state index in [1.165, 1.54) is 17.4 Å². The maximum atomic E-state index is 12.5. The van der Waals surface area contributed by atoms with E-state index in [0.717, 1.165) is 11.3 Å². The van der Waals surface area contributed by atoms with Crippen molar-refractivity contribution in [1.82, 2.24) is 4.31 Å². The fourth-order valence-electron chi connectivity index (χ4n) is 2.23. The summed E-state index contributed by atoms with van der Waals surface area (Å²) in [7, 11) is -2.07. The highest BCUT2D eigenvalue weighted by atomic mass is 35.5. The number of benzene rings is 2. The minimum absolute atomic E-state index is 0.214. The van der Waals surface area contributed by atoms with E-state index in [2.05, 4.69) is 0 Å². The fraction of sp³-hybridized carbons (Fsp3) is 0.278. The number of hydrogen-bond acceptors (Lipinski definition) is 4. The molecule has 0 unspecified atom stereocenters. The number of ether oxygens (including phenoxy) is 1. The van der Waals surface area contributed by atoms with E-state index in [1.54, 1.807) is 12.1 Å². The Balaban J connectivity index is 2.00. The van der Waals surface area contributed by atoms with Gasteiger partial charge in [-0.25, -0.2) is 12.7 Å². The number of likely N-dealkylation sites (N-methyl/N-ethyl adjacent to an activating group) is 1. The molecule has 0 spiro atoms. The Kier molecular flexibility index (Phi) is 6.43. The van der Waals surface area contributed by atoms with E-state index >= 15 is 0 Å². The second-order valence-electron chi connectivity index (χ2n) is 5.60. The Labute approximate surface area is 153 Å². The van der Waals surface area contributed by atoms with Gasteiger partial charge in [0.05, 0.1) is 17.4 Å². The minimum atomic E-state index is -3.56. The predicted molar refractivity (Wildman–Crippen MR) is 98.1 cm³/mol. The average Bonchev–Trinajstić information content (AvgIpc) is 2.57. The molecule has 0 saturated heterocycles. The second-order valence-corrected chi connectivity index (χ2v) is 8.12. The zero-order valence-corrected chi connectivity index (χ0v) is 15.6. The molecular formula is C18H19ClN2O3S. The van der Waals surface area contributed by atoms with E-state index in [-0.39, 0.29) is 24.5 Å². The first kappa shape index (κ1) is 19.3. The highest BCUT2D eigenvalue weighted by molar-refractivity contribution is 7.88. The first-order chi connectivity index (χ1) is 11.8. The number of halogens is 1. The van der Waals surface area contributed by atoms with Gasteiger partial charge in [-0.3, -0.25) is 0 Å². The van der Waals surface area contributed by atoms with Crippen LogP contribution in [0.4, 0.5) is 0 Å². The van der Waals surface area contributed by atoms with Crippen molar-refractivity contribution in [2.24, 2.45) is 0 Å². The molecule has 0 bridgehead atoms. The summed E-state index contributed by atoms with van der Waals surface area (Å²) >= 11 is 5.84. The fourth-order valence-corrected chi connectivity index (χ4v) is 3.62. The number of para-hydroxylation sites is 1. The van der Waals surface area contributed by atoms with Crippen molar-refractivity contribution in [2.75, 3.05) is 20.2 Å². The Morgan fingerprint density at radius 3 is 2.64 bits per heavy atom. The SMILES string of the molecule is Cc1ccccc1OCCN(C)S(=O)(=O)Cc1ccc(Cl)cc1C#N. The topological polar surface area (TPSA) is 70.4 Å². The summed E-state index contributed by atoms with van der Waals surface area (Å²) in [6.07, 6.45) is 0. The predicted octanol–water partition coefficient (Wildman–Crippen LogP) is 3.36. The van der Waals surface area contributed by atoms with Gasteiger partial charge >= 0.3 is 0 Å². The zero-order chi connectivity index (χ0) is 18.4. The molecule has 0 heterocycles. The van der Waals surface area contributed by atoms with Crippen LogP contribution in [0, 0.1) is 18.3 Å². The van der Waals surface area contributed by atoms with Gasteiger partial charge in [-0.1, -0.05) is 35.9 Å². The first-order valence-corrected chi connectivity index (χ1v) is 9.63. The van der Waals surface area contributed by atoms with Crippen LogP contribution in [0.5, 0.6) is 5.75 Å². The summed E-state index contributed by atoms with van der Waals surface area (Å²) < 4.78 is 31.9. The van der Waals surface area contributed by atoms with Gasteiger partial charge in [-0.2, -0.15) is 5.26 Å². The standard InChI is InChI=1S/C18H19ClN2O3S/c1-14-5-3-4-6-18(14)24-10-9-21(2)25(22,23)13-15-7-8-17(19)11-16(15)12-20/h3-8,11H,9-10,13H2,1-2H3. The van der Waals surface area contributed by atoms with Crippen molar-refractivity contribution in [1.29, 1.82) is 5.26 Å². The van der Waals surface area contributed by atoms with E-state index in [9.17, 15) is 8.42 Å². The normalized spacial score (nSPS) is 11.3. The molecule has 0 aromatic heterocycles. The van der Waals surface area contributed by atoms with E-state index < -0.39 is 10.0 Å². The van der Waals surface area contributed by atoms with Crippen LogP contribution in [-0.2, 0) is 15.8 Å². The largest absolute Gasteiger partial charge is 0.492 e. The quantitative estimate of drug-likeness (QED) is 0.740. The van der Waals surface area contributed by atoms with Crippen molar-refractivity contribution in [2.45, 2.75) is 12.7 Å². The molecule has 0 saturated carbocycles. The van der Waals surface area contributed by atoms with Crippen molar-refractivity contribution in [3.05, 3.63) is 64.2 Å². The lowest BCUT2D eigenvalue weighted by Gasteiger charge is -2.18. The Morgan fingerprint density at radius 1 is 1.24 bits per heavy atom. The molecule has 0 aliphatic heterocycles. The van der Waals surface area contributed by atoms with Gasteiger partial charge in [0.2, 0.25) is 10.0 Å². The minimum Gasteiger partial charge on any atom is -0.492 e. The van der Waals surface area contributed by atoms with Gasteiger partial charge in [0.15, 0.2) is 0 Å². The van der Waals surface area contributed by atoms with Crippen molar-refractivity contribution in [3.63, 3.8) is 0 Å². The van der Waals surface area contributed by atoms with E-state index in [1.807, 2.05) is 37.3 Å². The van der Waals surface area contributed by atoms with Crippen LogP contribution in [0.1, 0.15) is 16.7 Å². The summed E-state index contributed by atoms with van der Waals surface area (Å²) in [5, 5.41) is 9.54. The Bertz CT molecular complexity index is 891. The van der Waals surface area contributed by atoms with Gasteiger partial charge in [-0.15, -0.1) is 0 Å². The van der Waals surface area contributed by atoms with Crippen LogP contribution >= 0.6 is 11.6 Å². The van der Waals surface area contributed by atoms with Crippen LogP contribution in [-0.4, -0.2) is 32.9 Å². The summed E-state index contributed by atoms with van der Waals surface area (Å²) in [6, 6.07) is 14.1. The van der Waals surface area contributed by atoms with Crippen LogP contribution in [0.25, 0.3) is 0 Å². The van der Waals surface area contributed by atoms with Gasteiger partial charge < -0.3 is 4.74 Å². The van der Waals surface area contributed by atoms with E-state index in [0.29, 0.717) is 10.6 Å². The Hall–Kier alpha value is -2.07. The molecule has 25 heavy (non-hydrogen) atoms. The van der Waals surface area contributed by atoms with Gasteiger partial charge in [0, 0.05) is 18.6 Å². The molecule has 0 fully saturated rings. The summed E-state index contributed by atoms with van der Waals surface area (Å²) in [6.45, 7) is 2.39. The first-order valence-electron chi connectivity index (χ1n) is 7.64. The molecular weight excluding hydrogens is 360 g/mol. The smallest absolute Gasteiger partial charge is 0.218 e. The van der Waals surface area contributed by atoms with Crippen LogP contribution in [0.15, 0.2) is 42.5 Å². The van der Waals surface area contributed by atoms with Gasteiger partial charge in [0.1, 0.15) is 12.4 Å². The molecule has 2 aromatic rings. The van der Waals surface area contributed by atoms with Crippen LogP contribution < -0.4 is 4.74 Å². The molecule has 7 heteroatoms. The molecule has 0 atom stereocenters. The third-order valence-electron chi connectivity index (χ3n) is 3.76. The molecule has 0 N–H and O–H groups in total. The average molecular weight is 379 g/mol. The molecule has 0 aliphatic carbocycles. The summed E-state index contributed by atoms with van der Waals surface area (Å²) in [4.78, 5) is 0. The highest BCUT2D eigenvalue weighted by Gasteiger charge is 2.20. The molecule has 5 nitrogen and oxygen atoms in total. The molecule has 0 amide bonds. The highest BCUT2D eigenvalue weighted by Crippen LogP contribution is 2.19. The number of hydrogen-bond donors (Lipinski definition) is 0. The number of nitriles is 1. The zero-order valence-electron chi connectivity index (χ0n) is 14.1. The lowest BCUT2D eigenvalue weighted by Crippen LogP contribution is -2.32. The molecule has 0 aliphatic rings. The van der Waals surface area contributed by atoms with Crippen molar-refractivity contribution in [3.8, 4) is 11.8 Å². The van der Waals surface area contributed by atoms with Gasteiger partial charge in [-0.05, 0) is 36.2 Å². The molecule has 2 rings (SSSR count). The maximum Gasteiger partial charge on any atom is 0.218 e. The molecule has 2 aromatic carbocycles. The second kappa shape index (κ2) is 8.34. The number of sulfonamides is 1. The number of aryl methyl sites for hydroxylation is 1. The maximum absolute atomic E-state index is 12.5. The lowest BCUT2D eigenvalue weighted by molar-refractivity contribution is 0.285. The lowest BCUT2D eigenvalue weighted by atomic mass is 10.1. The summed E-state index contributed by atoms with van der Waals surface area (Å²) in [5.41, 5.74) is 1.69. The molecule has 132 valence electrons. The van der Waals surface area contributed by atoms with Crippen LogP contribution in [0.3, 0.4) is 0 Å². The molecule has 0 radical (unpaired) electrons. The Morgan fingerprint density at radius 2 is 1.96 bits per heavy atom. The van der Waals surface area contributed by atoms with Gasteiger partial charge in [0.25, 0.3) is 0 Å². The van der Waals surface area contributed by atoms with Crippen molar-refractivity contribution < 1.29 is 13.2 Å².